The molecule has 0 atom stereocenters. The highest BCUT2D eigenvalue weighted by atomic mass is 79.9. The molecule has 0 bridgehead atoms. The molecule has 1 heterocycles. The summed E-state index contributed by atoms with van der Waals surface area (Å²) in [5, 5.41) is 3.21. The molecule has 2 aromatic rings. The summed E-state index contributed by atoms with van der Waals surface area (Å²) in [7, 11) is -1.99. The van der Waals surface area contributed by atoms with Crippen molar-refractivity contribution in [2.24, 2.45) is 0 Å². The highest BCUT2D eigenvalue weighted by Crippen LogP contribution is 2.23. The lowest BCUT2D eigenvalue weighted by Gasteiger charge is -2.07. The zero-order valence-corrected chi connectivity index (χ0v) is 13.4. The van der Waals surface area contributed by atoms with Crippen molar-refractivity contribution in [3.05, 3.63) is 45.1 Å². The molecule has 102 valence electrons. The molecule has 0 aliphatic heterocycles. The van der Waals surface area contributed by atoms with Gasteiger partial charge in [0.1, 0.15) is 0 Å². The van der Waals surface area contributed by atoms with Crippen LogP contribution in [0.4, 0.5) is 5.69 Å². The molecule has 0 aliphatic carbocycles. The van der Waals surface area contributed by atoms with Crippen LogP contribution in [-0.2, 0) is 16.6 Å². The van der Waals surface area contributed by atoms with Crippen LogP contribution in [0.25, 0.3) is 0 Å². The standard InChI is InChI=1S/C12H13BrN2O2S2/c1-14-19(16,17)11-4-2-3-9(7-11)15-8-10-5-6-12(13)18-10/h2-7,14-15H,8H2,1H3. The van der Waals surface area contributed by atoms with Crippen molar-refractivity contribution in [2.45, 2.75) is 11.4 Å². The molecule has 0 saturated carbocycles. The summed E-state index contributed by atoms with van der Waals surface area (Å²) in [6, 6.07) is 10.8. The Kier molecular flexibility index (Phi) is 4.62. The van der Waals surface area contributed by atoms with Crippen molar-refractivity contribution in [1.29, 1.82) is 0 Å². The molecule has 0 saturated heterocycles. The molecular formula is C12H13BrN2O2S2. The summed E-state index contributed by atoms with van der Waals surface area (Å²) in [6.45, 7) is 0.666. The number of nitrogens with one attached hydrogen (secondary N) is 2. The van der Waals surface area contributed by atoms with Crippen LogP contribution in [0.5, 0.6) is 0 Å². The van der Waals surface area contributed by atoms with Crippen LogP contribution >= 0.6 is 27.3 Å². The van der Waals surface area contributed by atoms with Crippen LogP contribution in [0.15, 0.2) is 45.1 Å². The van der Waals surface area contributed by atoms with E-state index in [0.717, 1.165) is 9.47 Å². The van der Waals surface area contributed by atoms with E-state index in [2.05, 4.69) is 26.0 Å². The number of hydrogen-bond acceptors (Lipinski definition) is 4. The Morgan fingerprint density at radius 1 is 1.26 bits per heavy atom. The first-order valence-corrected chi connectivity index (χ1v) is 8.62. The van der Waals surface area contributed by atoms with Crippen molar-refractivity contribution in [1.82, 2.24) is 4.72 Å². The SMILES string of the molecule is CNS(=O)(=O)c1cccc(NCc2ccc(Br)s2)c1. The maximum atomic E-state index is 11.7. The third kappa shape index (κ3) is 3.79. The van der Waals surface area contributed by atoms with Crippen LogP contribution in [0.2, 0.25) is 0 Å². The second-order valence-corrected chi connectivity index (χ2v) is 8.23. The summed E-state index contributed by atoms with van der Waals surface area (Å²) < 4.78 is 26.8. The Labute approximate surface area is 125 Å². The molecule has 0 fully saturated rings. The lowest BCUT2D eigenvalue weighted by atomic mass is 10.3. The second-order valence-electron chi connectivity index (χ2n) is 3.79. The first-order valence-electron chi connectivity index (χ1n) is 5.53. The smallest absolute Gasteiger partial charge is 0.240 e. The van der Waals surface area contributed by atoms with E-state index in [9.17, 15) is 8.42 Å². The van der Waals surface area contributed by atoms with Gasteiger partial charge < -0.3 is 5.32 Å². The quantitative estimate of drug-likeness (QED) is 0.861. The molecule has 4 nitrogen and oxygen atoms in total. The molecule has 0 radical (unpaired) electrons. The molecule has 1 aromatic carbocycles. The molecule has 7 heteroatoms. The number of thiophene rings is 1. The maximum absolute atomic E-state index is 11.7. The van der Waals surface area contributed by atoms with Gasteiger partial charge >= 0.3 is 0 Å². The predicted molar refractivity (Wildman–Crippen MR) is 82.0 cm³/mol. The Morgan fingerprint density at radius 2 is 2.05 bits per heavy atom. The minimum Gasteiger partial charge on any atom is -0.380 e. The van der Waals surface area contributed by atoms with Gasteiger partial charge in [-0.3, -0.25) is 0 Å². The number of rotatable bonds is 5. The van der Waals surface area contributed by atoms with Gasteiger partial charge in [0.15, 0.2) is 0 Å². The second kappa shape index (κ2) is 6.04. The molecule has 1 aromatic heterocycles. The molecule has 0 unspecified atom stereocenters. The third-order valence-electron chi connectivity index (χ3n) is 2.51. The zero-order valence-electron chi connectivity index (χ0n) is 10.2. The summed E-state index contributed by atoms with van der Waals surface area (Å²) in [5.74, 6) is 0. The van der Waals surface area contributed by atoms with Crippen molar-refractivity contribution >= 4 is 43.0 Å². The van der Waals surface area contributed by atoms with Gasteiger partial charge in [-0.2, -0.15) is 0 Å². The lowest BCUT2D eigenvalue weighted by Crippen LogP contribution is -2.18. The molecule has 2 N–H and O–H groups in total. The van der Waals surface area contributed by atoms with E-state index in [0.29, 0.717) is 6.54 Å². The van der Waals surface area contributed by atoms with E-state index in [-0.39, 0.29) is 4.90 Å². The highest BCUT2D eigenvalue weighted by Gasteiger charge is 2.11. The summed E-state index contributed by atoms with van der Waals surface area (Å²) in [6.07, 6.45) is 0. The maximum Gasteiger partial charge on any atom is 0.240 e. The lowest BCUT2D eigenvalue weighted by molar-refractivity contribution is 0.588. The Hall–Kier alpha value is -0.890. The van der Waals surface area contributed by atoms with Crippen molar-refractivity contribution in [3.8, 4) is 0 Å². The molecule has 0 amide bonds. The predicted octanol–water partition coefficient (Wildman–Crippen LogP) is 3.03. The van der Waals surface area contributed by atoms with Gasteiger partial charge in [0, 0.05) is 17.1 Å². The largest absolute Gasteiger partial charge is 0.380 e. The normalized spacial score (nSPS) is 11.5. The first kappa shape index (κ1) is 14.5. The summed E-state index contributed by atoms with van der Waals surface area (Å²) in [4.78, 5) is 1.43. The van der Waals surface area contributed by atoms with Gasteiger partial charge in [0.2, 0.25) is 10.0 Å². The van der Waals surface area contributed by atoms with Crippen LogP contribution in [0, 0.1) is 0 Å². The van der Waals surface area contributed by atoms with Gasteiger partial charge in [-0.15, -0.1) is 11.3 Å². The van der Waals surface area contributed by atoms with E-state index < -0.39 is 10.0 Å². The topological polar surface area (TPSA) is 58.2 Å². The van der Waals surface area contributed by atoms with Gasteiger partial charge in [-0.1, -0.05) is 6.07 Å². The summed E-state index contributed by atoms with van der Waals surface area (Å²) >= 11 is 5.05. The first-order chi connectivity index (χ1) is 9.01. The fourth-order valence-corrected chi connectivity index (χ4v) is 3.73. The minimum atomic E-state index is -3.39. The van der Waals surface area contributed by atoms with Gasteiger partial charge in [0.25, 0.3) is 0 Å². The number of benzene rings is 1. The Bertz CT molecular complexity index is 668. The number of halogens is 1. The van der Waals surface area contributed by atoms with E-state index in [1.807, 2.05) is 18.2 Å². The zero-order chi connectivity index (χ0) is 13.9. The fourth-order valence-electron chi connectivity index (χ4n) is 1.53. The number of anilines is 1. The van der Waals surface area contributed by atoms with Gasteiger partial charge in [0.05, 0.1) is 8.68 Å². The van der Waals surface area contributed by atoms with Gasteiger partial charge in [-0.05, 0) is 53.3 Å². The molecule has 2 rings (SSSR count). The van der Waals surface area contributed by atoms with Crippen molar-refractivity contribution < 1.29 is 8.42 Å². The van der Waals surface area contributed by atoms with Gasteiger partial charge in [-0.25, -0.2) is 13.1 Å². The van der Waals surface area contributed by atoms with Crippen molar-refractivity contribution in [2.75, 3.05) is 12.4 Å². The van der Waals surface area contributed by atoms with Crippen LogP contribution in [0.3, 0.4) is 0 Å². The highest BCUT2D eigenvalue weighted by molar-refractivity contribution is 9.11. The Morgan fingerprint density at radius 3 is 2.68 bits per heavy atom. The van der Waals surface area contributed by atoms with Crippen LogP contribution < -0.4 is 10.0 Å². The van der Waals surface area contributed by atoms with E-state index >= 15 is 0 Å². The average Bonchev–Trinajstić information content (AvgIpc) is 2.82. The molecule has 0 aliphatic rings. The number of sulfonamides is 1. The van der Waals surface area contributed by atoms with E-state index in [4.69, 9.17) is 0 Å². The third-order valence-corrected chi connectivity index (χ3v) is 5.54. The Balaban J connectivity index is 2.11. The van der Waals surface area contributed by atoms with Crippen LogP contribution in [0.1, 0.15) is 4.88 Å². The molecule has 19 heavy (non-hydrogen) atoms. The molecule has 0 spiro atoms. The average molecular weight is 361 g/mol. The van der Waals surface area contributed by atoms with E-state index in [1.54, 1.807) is 29.5 Å². The minimum absolute atomic E-state index is 0.257. The van der Waals surface area contributed by atoms with E-state index in [1.165, 1.54) is 11.9 Å². The van der Waals surface area contributed by atoms with Crippen molar-refractivity contribution in [3.63, 3.8) is 0 Å². The fraction of sp³-hybridized carbons (Fsp3) is 0.167. The monoisotopic (exact) mass is 360 g/mol. The summed E-state index contributed by atoms with van der Waals surface area (Å²) in [5.41, 5.74) is 0.779. The number of hydrogen-bond donors (Lipinski definition) is 2. The van der Waals surface area contributed by atoms with Crippen LogP contribution in [-0.4, -0.2) is 15.5 Å². The molecular weight excluding hydrogens is 348 g/mol.